The predicted octanol–water partition coefficient (Wildman–Crippen LogP) is 0.807. The van der Waals surface area contributed by atoms with Gasteiger partial charge in [-0.05, 0) is 13.0 Å². The van der Waals surface area contributed by atoms with Crippen molar-refractivity contribution in [3.8, 4) is 5.75 Å². The lowest BCUT2D eigenvalue weighted by Gasteiger charge is -2.09. The van der Waals surface area contributed by atoms with E-state index in [4.69, 9.17) is 4.74 Å². The van der Waals surface area contributed by atoms with Crippen molar-refractivity contribution in [2.75, 3.05) is 7.11 Å². The number of H-pyrrole nitrogens is 1. The maximum atomic E-state index is 5.30. The highest BCUT2D eigenvalue weighted by molar-refractivity contribution is 5.36. The molecular weight excluding hydrogens is 218 g/mol. The van der Waals surface area contributed by atoms with Crippen LogP contribution >= 0.6 is 0 Å². The topological polar surface area (TPSA) is 75.7 Å². The van der Waals surface area contributed by atoms with Crippen LogP contribution in [0.15, 0.2) is 18.2 Å². The minimum absolute atomic E-state index is 0.577. The Morgan fingerprint density at radius 2 is 2.24 bits per heavy atom. The number of aromatic nitrogens is 4. The van der Waals surface area contributed by atoms with Crippen molar-refractivity contribution in [2.45, 2.75) is 20.0 Å². The third-order valence-corrected chi connectivity index (χ3v) is 2.42. The molecule has 1 aromatic heterocycles. The molecule has 6 nitrogen and oxygen atoms in total. The molecule has 2 aromatic rings. The van der Waals surface area contributed by atoms with E-state index in [0.29, 0.717) is 18.9 Å². The number of tetrazole rings is 1. The molecule has 0 saturated carbocycles. The number of ether oxygens (including phenoxy) is 1. The second-order valence-corrected chi connectivity index (χ2v) is 3.75. The summed E-state index contributed by atoms with van der Waals surface area (Å²) in [5.41, 5.74) is 2.33. The molecule has 0 aliphatic rings. The maximum Gasteiger partial charge on any atom is 0.188 e. The molecule has 0 fully saturated rings. The maximum absolute atomic E-state index is 5.30. The van der Waals surface area contributed by atoms with Crippen LogP contribution in [0.2, 0.25) is 0 Å². The molecule has 0 aliphatic carbocycles. The van der Waals surface area contributed by atoms with Crippen molar-refractivity contribution in [1.82, 2.24) is 25.9 Å². The van der Waals surface area contributed by atoms with Crippen LogP contribution < -0.4 is 10.1 Å². The smallest absolute Gasteiger partial charge is 0.188 e. The second-order valence-electron chi connectivity index (χ2n) is 3.75. The summed E-state index contributed by atoms with van der Waals surface area (Å²) in [6, 6.07) is 6.10. The van der Waals surface area contributed by atoms with Crippen molar-refractivity contribution in [3.63, 3.8) is 0 Å². The van der Waals surface area contributed by atoms with Gasteiger partial charge in [-0.3, -0.25) is 0 Å². The Morgan fingerprint density at radius 3 is 2.94 bits per heavy atom. The van der Waals surface area contributed by atoms with Crippen LogP contribution in [0.5, 0.6) is 5.75 Å². The Balaban J connectivity index is 1.96. The summed E-state index contributed by atoms with van der Waals surface area (Å²) in [7, 11) is 1.67. The van der Waals surface area contributed by atoms with Gasteiger partial charge in [-0.25, -0.2) is 0 Å². The van der Waals surface area contributed by atoms with E-state index in [1.807, 2.05) is 12.1 Å². The fourth-order valence-electron chi connectivity index (χ4n) is 1.61. The first kappa shape index (κ1) is 11.5. The molecule has 0 saturated heterocycles. The number of rotatable bonds is 5. The van der Waals surface area contributed by atoms with Gasteiger partial charge in [0.05, 0.1) is 13.7 Å². The summed E-state index contributed by atoms with van der Waals surface area (Å²) >= 11 is 0. The highest BCUT2D eigenvalue weighted by Crippen LogP contribution is 2.19. The number of nitrogens with zero attached hydrogens (tertiary/aromatic N) is 3. The third kappa shape index (κ3) is 3.01. The molecular formula is C11H15N5O. The van der Waals surface area contributed by atoms with Crippen molar-refractivity contribution in [1.29, 1.82) is 0 Å². The monoisotopic (exact) mass is 233 g/mol. The third-order valence-electron chi connectivity index (χ3n) is 2.42. The molecule has 6 heteroatoms. The summed E-state index contributed by atoms with van der Waals surface area (Å²) in [5.74, 6) is 1.54. The highest BCUT2D eigenvalue weighted by Gasteiger charge is 2.03. The average Bonchev–Trinajstić information content (AvgIpc) is 2.82. The van der Waals surface area contributed by atoms with Gasteiger partial charge in [-0.15, -0.1) is 10.2 Å². The zero-order valence-corrected chi connectivity index (χ0v) is 9.90. The largest absolute Gasteiger partial charge is 0.496 e. The molecule has 2 rings (SSSR count). The predicted molar refractivity (Wildman–Crippen MR) is 62.5 cm³/mol. The number of benzene rings is 1. The number of nitrogens with one attached hydrogen (secondary N) is 2. The molecule has 90 valence electrons. The molecule has 0 radical (unpaired) electrons. The minimum Gasteiger partial charge on any atom is -0.496 e. The van der Waals surface area contributed by atoms with Gasteiger partial charge in [0.1, 0.15) is 5.75 Å². The summed E-state index contributed by atoms with van der Waals surface area (Å²) in [6.07, 6.45) is 0. The SMILES string of the molecule is COc1ccc(C)cc1CNCc1nn[nH]n1. The van der Waals surface area contributed by atoms with Gasteiger partial charge < -0.3 is 10.1 Å². The normalized spacial score (nSPS) is 10.5. The quantitative estimate of drug-likeness (QED) is 0.799. The molecule has 0 amide bonds. The standard InChI is InChI=1S/C11H15N5O/c1-8-3-4-10(17-2)9(5-8)6-12-7-11-13-15-16-14-11/h3-5,12H,6-7H2,1-2H3,(H,13,14,15,16). The number of hydrogen-bond acceptors (Lipinski definition) is 5. The molecule has 2 N–H and O–H groups in total. The van der Waals surface area contributed by atoms with Crippen molar-refractivity contribution < 1.29 is 4.74 Å². The zero-order valence-electron chi connectivity index (χ0n) is 9.90. The van der Waals surface area contributed by atoms with Gasteiger partial charge >= 0.3 is 0 Å². The van der Waals surface area contributed by atoms with Gasteiger partial charge in [-0.2, -0.15) is 5.21 Å². The first-order chi connectivity index (χ1) is 8.29. The Kier molecular flexibility index (Phi) is 3.66. The first-order valence-corrected chi connectivity index (χ1v) is 5.36. The van der Waals surface area contributed by atoms with Gasteiger partial charge in [0, 0.05) is 12.1 Å². The Morgan fingerprint density at radius 1 is 1.35 bits per heavy atom. The molecule has 1 aromatic carbocycles. The number of hydrogen-bond donors (Lipinski definition) is 2. The fourth-order valence-corrected chi connectivity index (χ4v) is 1.61. The number of aryl methyl sites for hydroxylation is 1. The molecule has 0 unspecified atom stereocenters. The second kappa shape index (κ2) is 5.40. The van der Waals surface area contributed by atoms with E-state index < -0.39 is 0 Å². The van der Waals surface area contributed by atoms with E-state index in [0.717, 1.165) is 11.3 Å². The molecule has 1 heterocycles. The number of methoxy groups -OCH3 is 1. The highest BCUT2D eigenvalue weighted by atomic mass is 16.5. The average molecular weight is 233 g/mol. The summed E-state index contributed by atoms with van der Waals surface area (Å²) in [6.45, 7) is 3.34. The van der Waals surface area contributed by atoms with Crippen molar-refractivity contribution >= 4 is 0 Å². The molecule has 0 aliphatic heterocycles. The van der Waals surface area contributed by atoms with Crippen LogP contribution in [0.25, 0.3) is 0 Å². The fraction of sp³-hybridized carbons (Fsp3) is 0.364. The molecule has 0 atom stereocenters. The van der Waals surface area contributed by atoms with E-state index in [1.165, 1.54) is 5.56 Å². The summed E-state index contributed by atoms with van der Waals surface area (Å²) < 4.78 is 5.30. The lowest BCUT2D eigenvalue weighted by atomic mass is 10.1. The van der Waals surface area contributed by atoms with E-state index in [9.17, 15) is 0 Å². The molecule has 0 spiro atoms. The zero-order chi connectivity index (χ0) is 12.1. The number of aromatic amines is 1. The lowest BCUT2D eigenvalue weighted by Crippen LogP contribution is -2.14. The summed E-state index contributed by atoms with van der Waals surface area (Å²) in [4.78, 5) is 0. The van der Waals surface area contributed by atoms with Crippen LogP contribution in [-0.2, 0) is 13.1 Å². The van der Waals surface area contributed by atoms with Crippen molar-refractivity contribution in [3.05, 3.63) is 35.2 Å². The van der Waals surface area contributed by atoms with Gasteiger partial charge in [0.25, 0.3) is 0 Å². The Bertz CT molecular complexity index is 469. The lowest BCUT2D eigenvalue weighted by molar-refractivity contribution is 0.407. The van der Waals surface area contributed by atoms with Crippen LogP contribution in [0.1, 0.15) is 17.0 Å². The first-order valence-electron chi connectivity index (χ1n) is 5.36. The van der Waals surface area contributed by atoms with Crippen LogP contribution in [-0.4, -0.2) is 27.7 Å². The van der Waals surface area contributed by atoms with E-state index in [1.54, 1.807) is 7.11 Å². The minimum atomic E-state index is 0.577. The Labute approximate surface area is 99.4 Å². The van der Waals surface area contributed by atoms with Gasteiger partial charge in [-0.1, -0.05) is 22.9 Å². The van der Waals surface area contributed by atoms with Crippen molar-refractivity contribution in [2.24, 2.45) is 0 Å². The van der Waals surface area contributed by atoms with Gasteiger partial charge in [0.15, 0.2) is 5.82 Å². The van der Waals surface area contributed by atoms with Gasteiger partial charge in [0.2, 0.25) is 0 Å². The van der Waals surface area contributed by atoms with E-state index >= 15 is 0 Å². The van der Waals surface area contributed by atoms with Crippen LogP contribution in [0.3, 0.4) is 0 Å². The Hall–Kier alpha value is -1.95. The van der Waals surface area contributed by atoms with Crippen LogP contribution in [0.4, 0.5) is 0 Å². The summed E-state index contributed by atoms with van der Waals surface area (Å²) in [5, 5.41) is 16.9. The molecule has 17 heavy (non-hydrogen) atoms. The van der Waals surface area contributed by atoms with E-state index in [2.05, 4.69) is 38.9 Å². The van der Waals surface area contributed by atoms with Crippen LogP contribution in [0, 0.1) is 6.92 Å². The van der Waals surface area contributed by atoms with E-state index in [-0.39, 0.29) is 0 Å². The molecule has 0 bridgehead atoms.